The number of aryl methyl sites for hydroxylation is 2. The standard InChI is InChI=1S/C16H14N4O2S/c1-10-8-14(23-19-10)17-16(22)15-13(21)9-11(2)20(18-15)12-6-4-3-5-7-12/h3-9H,1-2H3,(H,17,22). The second kappa shape index (κ2) is 6.13. The predicted molar refractivity (Wildman–Crippen MR) is 89.4 cm³/mol. The van der Waals surface area contributed by atoms with E-state index in [1.807, 2.05) is 37.3 Å². The molecule has 6 nitrogen and oxygen atoms in total. The van der Waals surface area contributed by atoms with Crippen LogP contribution in [0.4, 0.5) is 5.00 Å². The maximum Gasteiger partial charge on any atom is 0.280 e. The highest BCUT2D eigenvalue weighted by Crippen LogP contribution is 2.16. The van der Waals surface area contributed by atoms with Crippen molar-refractivity contribution < 1.29 is 4.79 Å². The van der Waals surface area contributed by atoms with Gasteiger partial charge in [-0.25, -0.2) is 4.68 Å². The van der Waals surface area contributed by atoms with Gasteiger partial charge in [0.05, 0.1) is 11.4 Å². The molecule has 3 rings (SSSR count). The van der Waals surface area contributed by atoms with Crippen LogP contribution in [0.2, 0.25) is 0 Å². The molecule has 0 fully saturated rings. The Bertz CT molecular complexity index is 915. The molecule has 23 heavy (non-hydrogen) atoms. The monoisotopic (exact) mass is 326 g/mol. The summed E-state index contributed by atoms with van der Waals surface area (Å²) in [5, 5.41) is 7.46. The highest BCUT2D eigenvalue weighted by atomic mass is 32.1. The zero-order chi connectivity index (χ0) is 16.4. The lowest BCUT2D eigenvalue weighted by atomic mass is 10.2. The van der Waals surface area contributed by atoms with Gasteiger partial charge < -0.3 is 5.32 Å². The first-order chi connectivity index (χ1) is 11.0. The summed E-state index contributed by atoms with van der Waals surface area (Å²) in [4.78, 5) is 24.4. The second-order valence-electron chi connectivity index (χ2n) is 5.03. The summed E-state index contributed by atoms with van der Waals surface area (Å²) in [5.74, 6) is -0.539. The van der Waals surface area contributed by atoms with E-state index < -0.39 is 11.3 Å². The van der Waals surface area contributed by atoms with Crippen molar-refractivity contribution in [2.24, 2.45) is 0 Å². The SMILES string of the molecule is Cc1cc(NC(=O)c2nn(-c3ccccc3)c(C)cc2=O)sn1. The molecule has 2 aromatic heterocycles. The number of rotatable bonds is 3. The van der Waals surface area contributed by atoms with Crippen LogP contribution in [-0.4, -0.2) is 20.1 Å². The molecule has 0 bridgehead atoms. The molecule has 1 amide bonds. The van der Waals surface area contributed by atoms with Gasteiger partial charge in [0.2, 0.25) is 5.43 Å². The lowest BCUT2D eigenvalue weighted by Gasteiger charge is -2.10. The molecule has 0 atom stereocenters. The Kier molecular flexibility index (Phi) is 4.03. The Morgan fingerprint density at radius 2 is 1.91 bits per heavy atom. The van der Waals surface area contributed by atoms with Crippen molar-refractivity contribution in [1.82, 2.24) is 14.2 Å². The van der Waals surface area contributed by atoms with Gasteiger partial charge >= 0.3 is 0 Å². The van der Waals surface area contributed by atoms with Gasteiger partial charge in [0.1, 0.15) is 5.00 Å². The smallest absolute Gasteiger partial charge is 0.280 e. The molecular weight excluding hydrogens is 312 g/mol. The van der Waals surface area contributed by atoms with E-state index in [1.165, 1.54) is 6.07 Å². The molecule has 1 N–H and O–H groups in total. The Labute approximate surface area is 136 Å². The van der Waals surface area contributed by atoms with Gasteiger partial charge in [0.15, 0.2) is 5.69 Å². The highest BCUT2D eigenvalue weighted by molar-refractivity contribution is 7.10. The van der Waals surface area contributed by atoms with Crippen LogP contribution in [0.3, 0.4) is 0 Å². The average Bonchev–Trinajstić information content (AvgIpc) is 2.93. The summed E-state index contributed by atoms with van der Waals surface area (Å²) < 4.78 is 5.67. The van der Waals surface area contributed by atoms with E-state index in [4.69, 9.17) is 0 Å². The first-order valence-corrected chi connectivity index (χ1v) is 7.73. The van der Waals surface area contributed by atoms with Gasteiger partial charge in [0.25, 0.3) is 5.91 Å². The van der Waals surface area contributed by atoms with Crippen LogP contribution < -0.4 is 10.7 Å². The molecule has 0 radical (unpaired) electrons. The molecule has 7 heteroatoms. The number of nitrogens with one attached hydrogen (secondary N) is 1. The lowest BCUT2D eigenvalue weighted by Crippen LogP contribution is -2.26. The minimum atomic E-state index is -0.539. The molecule has 3 aromatic rings. The summed E-state index contributed by atoms with van der Waals surface area (Å²) in [6.45, 7) is 3.61. The Morgan fingerprint density at radius 3 is 2.57 bits per heavy atom. The lowest BCUT2D eigenvalue weighted by molar-refractivity contribution is 0.102. The van der Waals surface area contributed by atoms with Crippen molar-refractivity contribution in [2.45, 2.75) is 13.8 Å². The fourth-order valence-electron chi connectivity index (χ4n) is 2.13. The number of carbonyl (C=O) groups is 1. The molecule has 2 heterocycles. The molecule has 116 valence electrons. The number of para-hydroxylation sites is 1. The summed E-state index contributed by atoms with van der Waals surface area (Å²) in [6, 6.07) is 12.5. The third-order valence-electron chi connectivity index (χ3n) is 3.19. The summed E-state index contributed by atoms with van der Waals surface area (Å²) in [6.07, 6.45) is 0. The van der Waals surface area contributed by atoms with E-state index in [1.54, 1.807) is 17.7 Å². The van der Waals surface area contributed by atoms with Gasteiger partial charge in [-0.05, 0) is 43.6 Å². The zero-order valence-corrected chi connectivity index (χ0v) is 13.4. The fraction of sp³-hybridized carbons (Fsp3) is 0.125. The number of nitrogens with zero attached hydrogens (tertiary/aromatic N) is 3. The number of aromatic nitrogens is 3. The number of amides is 1. The highest BCUT2D eigenvalue weighted by Gasteiger charge is 2.16. The minimum absolute atomic E-state index is 0.148. The van der Waals surface area contributed by atoms with Crippen LogP contribution in [-0.2, 0) is 0 Å². The molecule has 0 saturated carbocycles. The molecule has 0 aliphatic rings. The number of hydrogen-bond donors (Lipinski definition) is 1. The van der Waals surface area contributed by atoms with Crippen molar-refractivity contribution in [3.05, 3.63) is 69.8 Å². The summed E-state index contributed by atoms with van der Waals surface area (Å²) in [5.41, 5.74) is 1.70. The Hall–Kier alpha value is -2.80. The predicted octanol–water partition coefficient (Wildman–Crippen LogP) is 2.56. The fourth-order valence-corrected chi connectivity index (χ4v) is 2.79. The molecule has 0 unspecified atom stereocenters. The van der Waals surface area contributed by atoms with E-state index >= 15 is 0 Å². The van der Waals surface area contributed by atoms with Crippen LogP contribution >= 0.6 is 11.5 Å². The van der Waals surface area contributed by atoms with Gasteiger partial charge in [0, 0.05) is 11.8 Å². The maximum atomic E-state index is 12.3. The van der Waals surface area contributed by atoms with Crippen molar-refractivity contribution in [1.29, 1.82) is 0 Å². The summed E-state index contributed by atoms with van der Waals surface area (Å²) >= 11 is 1.16. The van der Waals surface area contributed by atoms with E-state index in [9.17, 15) is 9.59 Å². The van der Waals surface area contributed by atoms with Crippen molar-refractivity contribution in [3.63, 3.8) is 0 Å². The van der Waals surface area contributed by atoms with Crippen LogP contribution in [0.25, 0.3) is 5.69 Å². The van der Waals surface area contributed by atoms with Crippen LogP contribution in [0.15, 0.2) is 47.3 Å². The van der Waals surface area contributed by atoms with Crippen molar-refractivity contribution in [2.75, 3.05) is 5.32 Å². The quantitative estimate of drug-likeness (QED) is 0.802. The Balaban J connectivity index is 1.99. The first kappa shape index (κ1) is 15.1. The minimum Gasteiger partial charge on any atom is -0.311 e. The van der Waals surface area contributed by atoms with E-state index in [2.05, 4.69) is 14.8 Å². The van der Waals surface area contributed by atoms with Crippen LogP contribution in [0, 0.1) is 13.8 Å². The molecule has 0 saturated heterocycles. The second-order valence-corrected chi connectivity index (χ2v) is 5.84. The average molecular weight is 326 g/mol. The van der Waals surface area contributed by atoms with Crippen LogP contribution in [0.1, 0.15) is 21.9 Å². The van der Waals surface area contributed by atoms with E-state index in [0.29, 0.717) is 10.7 Å². The number of carbonyl (C=O) groups excluding carboxylic acids is 1. The van der Waals surface area contributed by atoms with Gasteiger partial charge in [-0.2, -0.15) is 9.47 Å². The number of hydrogen-bond acceptors (Lipinski definition) is 5. The molecular formula is C16H14N4O2S. The van der Waals surface area contributed by atoms with Crippen molar-refractivity contribution in [3.8, 4) is 5.69 Å². The largest absolute Gasteiger partial charge is 0.311 e. The normalized spacial score (nSPS) is 10.5. The van der Waals surface area contributed by atoms with E-state index in [-0.39, 0.29) is 5.69 Å². The summed E-state index contributed by atoms with van der Waals surface area (Å²) in [7, 11) is 0. The molecule has 0 aliphatic heterocycles. The third kappa shape index (κ3) is 3.19. The third-order valence-corrected chi connectivity index (χ3v) is 3.98. The number of benzene rings is 1. The first-order valence-electron chi connectivity index (χ1n) is 6.95. The zero-order valence-electron chi connectivity index (χ0n) is 12.6. The molecule has 0 spiro atoms. The van der Waals surface area contributed by atoms with E-state index in [0.717, 1.165) is 22.9 Å². The maximum absolute atomic E-state index is 12.3. The van der Waals surface area contributed by atoms with Gasteiger partial charge in [-0.15, -0.1) is 0 Å². The topological polar surface area (TPSA) is 76.9 Å². The number of anilines is 1. The van der Waals surface area contributed by atoms with Gasteiger partial charge in [-0.3, -0.25) is 9.59 Å². The Morgan fingerprint density at radius 1 is 1.17 bits per heavy atom. The van der Waals surface area contributed by atoms with Gasteiger partial charge in [-0.1, -0.05) is 18.2 Å². The van der Waals surface area contributed by atoms with Crippen molar-refractivity contribution >= 4 is 22.4 Å². The van der Waals surface area contributed by atoms with Crippen LogP contribution in [0.5, 0.6) is 0 Å². The molecule has 0 aliphatic carbocycles. The molecule has 1 aromatic carbocycles.